The van der Waals surface area contributed by atoms with Crippen LogP contribution in [-0.4, -0.2) is 23.2 Å². The lowest BCUT2D eigenvalue weighted by atomic mass is 10.0. The summed E-state index contributed by atoms with van der Waals surface area (Å²) in [5.41, 5.74) is 1.35. The van der Waals surface area contributed by atoms with Crippen molar-refractivity contribution in [2.45, 2.75) is 6.42 Å². The van der Waals surface area contributed by atoms with Crippen LogP contribution in [0.2, 0.25) is 0 Å². The Morgan fingerprint density at radius 1 is 1.05 bits per heavy atom. The first-order valence-corrected chi connectivity index (χ1v) is 5.43. The van der Waals surface area contributed by atoms with E-state index in [1.54, 1.807) is 0 Å². The maximum Gasteiger partial charge on any atom is 0.503 e. The SMILES string of the molecule is C=CCc1cccc2ccccc12.C=O.O=C(O)O. The maximum atomic E-state index is 8.56. The Kier molecular flexibility index (Phi) is 8.12. The van der Waals surface area contributed by atoms with Gasteiger partial charge in [0, 0.05) is 0 Å². The Labute approximate surface area is 111 Å². The van der Waals surface area contributed by atoms with Gasteiger partial charge >= 0.3 is 6.16 Å². The second-order valence-electron chi connectivity index (χ2n) is 3.41. The summed E-state index contributed by atoms with van der Waals surface area (Å²) in [7, 11) is 0. The molecule has 2 rings (SSSR count). The van der Waals surface area contributed by atoms with E-state index in [4.69, 9.17) is 19.8 Å². The first-order chi connectivity index (χ1) is 9.15. The minimum Gasteiger partial charge on any atom is -0.450 e. The fourth-order valence-electron chi connectivity index (χ4n) is 1.63. The van der Waals surface area contributed by atoms with Crippen molar-refractivity contribution in [2.24, 2.45) is 0 Å². The molecule has 0 saturated carbocycles. The second-order valence-corrected chi connectivity index (χ2v) is 3.41. The highest BCUT2D eigenvalue weighted by atomic mass is 16.6. The summed E-state index contributed by atoms with van der Waals surface area (Å²) in [6.07, 6.45) is 1.06. The van der Waals surface area contributed by atoms with Crippen molar-refractivity contribution in [2.75, 3.05) is 0 Å². The van der Waals surface area contributed by atoms with E-state index in [0.29, 0.717) is 0 Å². The van der Waals surface area contributed by atoms with E-state index in [2.05, 4.69) is 49.0 Å². The van der Waals surface area contributed by atoms with E-state index in [9.17, 15) is 0 Å². The Balaban J connectivity index is 0.000000467. The summed E-state index contributed by atoms with van der Waals surface area (Å²) < 4.78 is 0. The number of hydrogen-bond donors (Lipinski definition) is 2. The molecule has 2 N–H and O–H groups in total. The zero-order valence-corrected chi connectivity index (χ0v) is 10.5. The molecule has 2 aromatic carbocycles. The maximum absolute atomic E-state index is 8.56. The average molecular weight is 260 g/mol. The average Bonchev–Trinajstić information content (AvgIpc) is 2.41. The number of carboxylic acid groups (broad SMARTS) is 2. The van der Waals surface area contributed by atoms with Gasteiger partial charge in [0.15, 0.2) is 0 Å². The Bertz CT molecular complexity index is 525. The summed E-state index contributed by atoms with van der Waals surface area (Å²) in [6, 6.07) is 14.8. The molecule has 0 unspecified atom stereocenters. The van der Waals surface area contributed by atoms with Gasteiger partial charge in [-0.25, -0.2) is 4.79 Å². The van der Waals surface area contributed by atoms with Crippen molar-refractivity contribution in [3.8, 4) is 0 Å². The van der Waals surface area contributed by atoms with Crippen LogP contribution in [0, 0.1) is 0 Å². The second kappa shape index (κ2) is 9.41. The van der Waals surface area contributed by atoms with E-state index in [0.717, 1.165) is 6.42 Å². The molecule has 100 valence electrons. The third kappa shape index (κ3) is 6.02. The molecule has 0 aliphatic rings. The Morgan fingerprint density at radius 2 is 1.58 bits per heavy atom. The molecule has 0 saturated heterocycles. The zero-order chi connectivity index (χ0) is 14.7. The van der Waals surface area contributed by atoms with Gasteiger partial charge in [-0.3, -0.25) is 0 Å². The topological polar surface area (TPSA) is 74.6 Å². The van der Waals surface area contributed by atoms with Gasteiger partial charge < -0.3 is 15.0 Å². The third-order valence-corrected chi connectivity index (χ3v) is 2.24. The first-order valence-electron chi connectivity index (χ1n) is 5.43. The van der Waals surface area contributed by atoms with Crippen LogP contribution in [0.1, 0.15) is 5.56 Å². The number of allylic oxidation sites excluding steroid dienone is 1. The number of hydrogen-bond acceptors (Lipinski definition) is 2. The van der Waals surface area contributed by atoms with Gasteiger partial charge in [0.05, 0.1) is 0 Å². The van der Waals surface area contributed by atoms with Crippen LogP contribution >= 0.6 is 0 Å². The summed E-state index contributed by atoms with van der Waals surface area (Å²) >= 11 is 0. The number of carbonyl (C=O) groups is 2. The highest BCUT2D eigenvalue weighted by Gasteiger charge is 1.96. The predicted molar refractivity (Wildman–Crippen MR) is 75.6 cm³/mol. The van der Waals surface area contributed by atoms with Gasteiger partial charge in [-0.05, 0) is 22.8 Å². The molecule has 2 aromatic rings. The molecule has 0 amide bonds. The lowest BCUT2D eigenvalue weighted by Crippen LogP contribution is -1.82. The minimum absolute atomic E-state index is 0.946. The summed E-state index contributed by atoms with van der Waals surface area (Å²) in [4.78, 5) is 16.6. The van der Waals surface area contributed by atoms with Crippen molar-refractivity contribution in [1.82, 2.24) is 0 Å². The monoisotopic (exact) mass is 260 g/mol. The third-order valence-electron chi connectivity index (χ3n) is 2.24. The van der Waals surface area contributed by atoms with Crippen molar-refractivity contribution in [3.05, 3.63) is 60.7 Å². The quantitative estimate of drug-likeness (QED) is 0.809. The van der Waals surface area contributed by atoms with Crippen LogP contribution in [0.3, 0.4) is 0 Å². The van der Waals surface area contributed by atoms with Crippen LogP contribution in [0.4, 0.5) is 4.79 Å². The smallest absolute Gasteiger partial charge is 0.450 e. The van der Waals surface area contributed by atoms with Gasteiger partial charge in [0.1, 0.15) is 6.79 Å². The van der Waals surface area contributed by atoms with Gasteiger partial charge in [0.2, 0.25) is 0 Å². The van der Waals surface area contributed by atoms with Crippen LogP contribution in [-0.2, 0) is 11.2 Å². The van der Waals surface area contributed by atoms with Crippen LogP contribution in [0.15, 0.2) is 55.1 Å². The summed E-state index contributed by atoms with van der Waals surface area (Å²) in [6.45, 7) is 5.76. The fraction of sp³-hybridized carbons (Fsp3) is 0.0667. The molecule has 0 heterocycles. The first kappa shape index (κ1) is 16.4. The van der Waals surface area contributed by atoms with Crippen molar-refractivity contribution < 1.29 is 19.8 Å². The standard InChI is InChI=1S/C13H12.CH2O3.CH2O/c1-2-6-11-8-5-9-12-7-3-4-10-13(11)12;2-1(3)4;1-2/h2-5,7-10H,1,6H2;(H2,2,3,4);1H2. The number of fused-ring (bicyclic) bond motifs is 1. The molecule has 0 aliphatic carbocycles. The predicted octanol–water partition coefficient (Wildman–Crippen LogP) is 3.61. The lowest BCUT2D eigenvalue weighted by molar-refractivity contribution is -0.0980. The molecular formula is C15H16O4. The number of rotatable bonds is 2. The molecule has 19 heavy (non-hydrogen) atoms. The van der Waals surface area contributed by atoms with Gasteiger partial charge in [0.25, 0.3) is 0 Å². The van der Waals surface area contributed by atoms with Gasteiger partial charge in [-0.1, -0.05) is 48.5 Å². The molecular weight excluding hydrogens is 244 g/mol. The van der Waals surface area contributed by atoms with Gasteiger partial charge in [-0.2, -0.15) is 0 Å². The Hall–Kier alpha value is -2.62. The summed E-state index contributed by atoms with van der Waals surface area (Å²) in [5, 5.41) is 16.6. The molecule has 0 spiro atoms. The van der Waals surface area contributed by atoms with Crippen LogP contribution < -0.4 is 0 Å². The molecule has 0 aliphatic heterocycles. The van der Waals surface area contributed by atoms with Gasteiger partial charge in [-0.15, -0.1) is 6.58 Å². The van der Waals surface area contributed by atoms with E-state index in [-0.39, 0.29) is 0 Å². The fourth-order valence-corrected chi connectivity index (χ4v) is 1.63. The van der Waals surface area contributed by atoms with E-state index >= 15 is 0 Å². The van der Waals surface area contributed by atoms with Crippen LogP contribution in [0.5, 0.6) is 0 Å². The van der Waals surface area contributed by atoms with E-state index < -0.39 is 6.16 Å². The normalized spacial score (nSPS) is 8.42. The van der Waals surface area contributed by atoms with E-state index in [1.165, 1.54) is 16.3 Å². The highest BCUT2D eigenvalue weighted by molar-refractivity contribution is 5.85. The molecule has 0 aromatic heterocycles. The summed E-state index contributed by atoms with van der Waals surface area (Å²) in [5.74, 6) is 0. The lowest BCUT2D eigenvalue weighted by Gasteiger charge is -2.02. The largest absolute Gasteiger partial charge is 0.503 e. The molecule has 0 atom stereocenters. The van der Waals surface area contributed by atoms with Crippen molar-refractivity contribution >= 4 is 23.7 Å². The minimum atomic E-state index is -1.83. The number of carbonyl (C=O) groups excluding carboxylic acids is 1. The highest BCUT2D eigenvalue weighted by Crippen LogP contribution is 2.18. The number of benzene rings is 2. The molecule has 0 fully saturated rings. The molecule has 4 heteroatoms. The van der Waals surface area contributed by atoms with Crippen molar-refractivity contribution in [1.29, 1.82) is 0 Å². The molecule has 0 bridgehead atoms. The Morgan fingerprint density at radius 3 is 2.16 bits per heavy atom. The molecule has 0 radical (unpaired) electrons. The van der Waals surface area contributed by atoms with Crippen LogP contribution in [0.25, 0.3) is 10.8 Å². The van der Waals surface area contributed by atoms with Crippen molar-refractivity contribution in [3.63, 3.8) is 0 Å². The van der Waals surface area contributed by atoms with E-state index in [1.807, 2.05) is 12.9 Å². The zero-order valence-electron chi connectivity index (χ0n) is 10.5. The molecule has 4 nitrogen and oxygen atoms in total.